The van der Waals surface area contributed by atoms with Crippen LogP contribution in [-0.2, 0) is 18.7 Å². The van der Waals surface area contributed by atoms with Gasteiger partial charge < -0.3 is 13.9 Å². The van der Waals surface area contributed by atoms with Crippen molar-refractivity contribution in [2.75, 3.05) is 14.2 Å². The summed E-state index contributed by atoms with van der Waals surface area (Å²) in [4.78, 5) is 11.1. The summed E-state index contributed by atoms with van der Waals surface area (Å²) in [6, 6.07) is 0. The van der Waals surface area contributed by atoms with E-state index in [9.17, 15) is 4.79 Å². The van der Waals surface area contributed by atoms with Gasteiger partial charge in [0.2, 0.25) is 0 Å². The molecule has 0 aliphatic carbocycles. The molecule has 0 aromatic heterocycles. The summed E-state index contributed by atoms with van der Waals surface area (Å²) in [6.45, 7) is 18.3. The van der Waals surface area contributed by atoms with Gasteiger partial charge >= 0.3 is 5.97 Å². The monoisotopic (exact) mass is 412 g/mol. The summed E-state index contributed by atoms with van der Waals surface area (Å²) in [7, 11) is 1.27. The van der Waals surface area contributed by atoms with Gasteiger partial charge in [0.15, 0.2) is 8.32 Å². The van der Waals surface area contributed by atoms with E-state index in [1.54, 1.807) is 13.2 Å². The van der Waals surface area contributed by atoms with Crippen molar-refractivity contribution in [2.45, 2.75) is 91.1 Å². The first-order chi connectivity index (χ1) is 12.9. The second kappa shape index (κ2) is 12.6. The molecule has 0 unspecified atom stereocenters. The number of carbonyl (C=O) groups is 1. The molecular weight excluding hydrogens is 368 g/mol. The fourth-order valence-corrected chi connectivity index (χ4v) is 4.59. The average Bonchev–Trinajstić information content (AvgIpc) is 2.61. The lowest BCUT2D eigenvalue weighted by Gasteiger charge is -2.44. The van der Waals surface area contributed by atoms with Crippen LogP contribution < -0.4 is 0 Å². The molecule has 0 N–H and O–H groups in total. The van der Waals surface area contributed by atoms with Gasteiger partial charge in [-0.05, 0) is 36.9 Å². The third-order valence-electron chi connectivity index (χ3n) is 6.00. The predicted molar refractivity (Wildman–Crippen MR) is 121 cm³/mol. The van der Waals surface area contributed by atoms with Crippen LogP contribution in [0, 0.1) is 11.8 Å². The van der Waals surface area contributed by atoms with E-state index in [1.165, 1.54) is 13.2 Å². The van der Waals surface area contributed by atoms with Crippen LogP contribution in [0.3, 0.4) is 0 Å². The van der Waals surface area contributed by atoms with Crippen LogP contribution in [-0.4, -0.2) is 40.7 Å². The van der Waals surface area contributed by atoms with Gasteiger partial charge in [0.25, 0.3) is 0 Å². The minimum atomic E-state index is -1.88. The molecule has 0 heterocycles. The Labute approximate surface area is 174 Å². The molecule has 4 atom stereocenters. The predicted octanol–water partition coefficient (Wildman–Crippen LogP) is 6.14. The molecule has 0 bridgehead atoms. The van der Waals surface area contributed by atoms with Crippen molar-refractivity contribution >= 4 is 14.3 Å². The quantitative estimate of drug-likeness (QED) is 0.167. The Morgan fingerprint density at radius 2 is 1.71 bits per heavy atom. The fraction of sp³-hybridized carbons (Fsp3) is 0.783. The summed E-state index contributed by atoms with van der Waals surface area (Å²) >= 11 is 0. The van der Waals surface area contributed by atoms with Crippen molar-refractivity contribution in [3.05, 3.63) is 24.3 Å². The van der Waals surface area contributed by atoms with Crippen LogP contribution in [0.2, 0.25) is 18.1 Å². The highest BCUT2D eigenvalue weighted by molar-refractivity contribution is 6.74. The van der Waals surface area contributed by atoms with E-state index in [0.29, 0.717) is 5.92 Å². The molecule has 0 saturated carbocycles. The highest BCUT2D eigenvalue weighted by atomic mass is 28.4. The van der Waals surface area contributed by atoms with Gasteiger partial charge in [0, 0.05) is 19.1 Å². The SMILES string of the molecule is CCC[C@H](C)[C@@H](O[Si](C)(C)C(C)(C)C)[C@@H](C)[C@H](C/C=C/C=C/C(=O)OC)OC. The van der Waals surface area contributed by atoms with Gasteiger partial charge in [0.1, 0.15) is 0 Å². The highest BCUT2D eigenvalue weighted by Gasteiger charge is 2.42. The second-order valence-electron chi connectivity index (χ2n) is 9.29. The summed E-state index contributed by atoms with van der Waals surface area (Å²) in [5, 5.41) is 0.179. The van der Waals surface area contributed by atoms with Gasteiger partial charge in [-0.25, -0.2) is 4.79 Å². The molecule has 0 spiro atoms. The number of rotatable bonds is 12. The third kappa shape index (κ3) is 9.06. The molecule has 0 aromatic rings. The van der Waals surface area contributed by atoms with Crippen LogP contribution in [0.5, 0.6) is 0 Å². The highest BCUT2D eigenvalue weighted by Crippen LogP contribution is 2.40. The van der Waals surface area contributed by atoms with Gasteiger partial charge in [-0.3, -0.25) is 0 Å². The number of esters is 1. The molecule has 5 heteroatoms. The molecular formula is C23H44O4Si. The molecule has 0 aromatic carbocycles. The van der Waals surface area contributed by atoms with Gasteiger partial charge in [0.05, 0.1) is 19.3 Å². The van der Waals surface area contributed by atoms with Crippen molar-refractivity contribution in [3.8, 4) is 0 Å². The smallest absolute Gasteiger partial charge is 0.330 e. The minimum absolute atomic E-state index is 0.0665. The topological polar surface area (TPSA) is 44.8 Å². The lowest BCUT2D eigenvalue weighted by atomic mass is 9.86. The fourth-order valence-electron chi connectivity index (χ4n) is 3.11. The van der Waals surface area contributed by atoms with Crippen molar-refractivity contribution in [2.24, 2.45) is 11.8 Å². The maximum atomic E-state index is 11.1. The number of hydrogen-bond acceptors (Lipinski definition) is 4. The lowest BCUT2D eigenvalue weighted by molar-refractivity contribution is -0.134. The van der Waals surface area contributed by atoms with E-state index in [1.807, 2.05) is 12.2 Å². The van der Waals surface area contributed by atoms with Crippen LogP contribution in [0.25, 0.3) is 0 Å². The summed E-state index contributed by atoms with van der Waals surface area (Å²) in [5.74, 6) is 0.405. The van der Waals surface area contributed by atoms with E-state index >= 15 is 0 Å². The van der Waals surface area contributed by atoms with Gasteiger partial charge in [-0.1, -0.05) is 66.2 Å². The van der Waals surface area contributed by atoms with Gasteiger partial charge in [-0.2, -0.15) is 0 Å². The average molecular weight is 413 g/mol. The van der Waals surface area contributed by atoms with Crippen LogP contribution in [0.4, 0.5) is 0 Å². The number of hydrogen-bond donors (Lipinski definition) is 0. The number of carbonyl (C=O) groups excluding carboxylic acids is 1. The summed E-state index contributed by atoms with van der Waals surface area (Å²) in [5.41, 5.74) is 0. The molecule has 164 valence electrons. The Morgan fingerprint density at radius 1 is 1.11 bits per heavy atom. The van der Waals surface area contributed by atoms with E-state index in [-0.39, 0.29) is 29.1 Å². The van der Waals surface area contributed by atoms with Crippen LogP contribution in [0.15, 0.2) is 24.3 Å². The number of methoxy groups -OCH3 is 2. The van der Waals surface area contributed by atoms with Gasteiger partial charge in [-0.15, -0.1) is 0 Å². The molecule has 28 heavy (non-hydrogen) atoms. The Kier molecular flexibility index (Phi) is 12.2. The van der Waals surface area contributed by atoms with E-state index in [4.69, 9.17) is 9.16 Å². The molecule has 0 radical (unpaired) electrons. The second-order valence-corrected chi connectivity index (χ2v) is 14.0. The molecule has 0 fully saturated rings. The molecule has 4 nitrogen and oxygen atoms in total. The zero-order valence-corrected chi connectivity index (χ0v) is 20.9. The standard InChI is InChI=1S/C23H44O4Si/c1-11-15-18(2)22(27-28(9,10)23(4,5)6)19(3)20(25-7)16-13-12-14-17-21(24)26-8/h12-14,17-20,22H,11,15-16H2,1-10H3/b13-12+,17-14+/t18-,19-,20-,22+/m0/s1. The Hall–Kier alpha value is -0.913. The molecule has 0 rings (SSSR count). The maximum absolute atomic E-state index is 11.1. The molecule has 0 aliphatic heterocycles. The lowest BCUT2D eigenvalue weighted by Crippen LogP contribution is -2.49. The Morgan fingerprint density at radius 3 is 2.18 bits per heavy atom. The number of allylic oxidation sites excluding steroid dienone is 2. The first kappa shape index (κ1) is 27.1. The van der Waals surface area contributed by atoms with Crippen molar-refractivity contribution in [1.82, 2.24) is 0 Å². The van der Waals surface area contributed by atoms with E-state index in [0.717, 1.165) is 19.3 Å². The summed E-state index contributed by atoms with van der Waals surface area (Å²) in [6.07, 6.45) is 10.3. The summed E-state index contributed by atoms with van der Waals surface area (Å²) < 4.78 is 17.3. The minimum Gasteiger partial charge on any atom is -0.466 e. The van der Waals surface area contributed by atoms with Crippen molar-refractivity contribution in [1.29, 1.82) is 0 Å². The normalized spacial score (nSPS) is 17.6. The van der Waals surface area contributed by atoms with Crippen LogP contribution >= 0.6 is 0 Å². The molecule has 0 aliphatic rings. The Balaban J connectivity index is 5.30. The first-order valence-electron chi connectivity index (χ1n) is 10.5. The Bertz CT molecular complexity index is 505. The molecule has 0 amide bonds. The maximum Gasteiger partial charge on any atom is 0.330 e. The molecule has 0 saturated heterocycles. The largest absolute Gasteiger partial charge is 0.466 e. The zero-order chi connectivity index (χ0) is 22.0. The zero-order valence-electron chi connectivity index (χ0n) is 19.9. The van der Waals surface area contributed by atoms with Crippen molar-refractivity contribution in [3.63, 3.8) is 0 Å². The van der Waals surface area contributed by atoms with E-state index in [2.05, 4.69) is 59.4 Å². The third-order valence-corrected chi connectivity index (χ3v) is 10.5. The van der Waals surface area contributed by atoms with Crippen molar-refractivity contribution < 1.29 is 18.7 Å². The first-order valence-corrected chi connectivity index (χ1v) is 13.4. The number of ether oxygens (including phenoxy) is 2. The van der Waals surface area contributed by atoms with Crippen LogP contribution in [0.1, 0.15) is 60.8 Å². The van der Waals surface area contributed by atoms with E-state index < -0.39 is 8.32 Å².